The molecule has 1 N–H and O–H groups in total. The number of hydrogen-bond donors (Lipinski definition) is 1. The maximum atomic E-state index is 13.0. The summed E-state index contributed by atoms with van der Waals surface area (Å²) < 4.78 is 0. The monoisotopic (exact) mass is 400 g/mol. The van der Waals surface area contributed by atoms with Crippen molar-refractivity contribution >= 4 is 17.4 Å². The summed E-state index contributed by atoms with van der Waals surface area (Å²) in [5, 5.41) is 3.17. The highest BCUT2D eigenvalue weighted by molar-refractivity contribution is 5.93. The SMILES string of the molecule is CC(C)c1ccccc1NC(=O)C1CCCN(c2cc(-c3ccccc3)ncn2)C1. The van der Waals surface area contributed by atoms with Gasteiger partial charge in [-0.3, -0.25) is 4.79 Å². The lowest BCUT2D eigenvalue weighted by molar-refractivity contribution is -0.120. The van der Waals surface area contributed by atoms with E-state index in [2.05, 4.69) is 40.1 Å². The maximum Gasteiger partial charge on any atom is 0.229 e. The van der Waals surface area contributed by atoms with Gasteiger partial charge in [-0.25, -0.2) is 9.97 Å². The molecule has 154 valence electrons. The summed E-state index contributed by atoms with van der Waals surface area (Å²) in [6, 6.07) is 20.2. The zero-order chi connectivity index (χ0) is 20.9. The van der Waals surface area contributed by atoms with E-state index in [1.165, 1.54) is 5.56 Å². The van der Waals surface area contributed by atoms with Crippen molar-refractivity contribution in [2.45, 2.75) is 32.6 Å². The van der Waals surface area contributed by atoms with Crippen LogP contribution in [0.4, 0.5) is 11.5 Å². The summed E-state index contributed by atoms with van der Waals surface area (Å²) in [5.74, 6) is 1.27. The average molecular weight is 401 g/mol. The molecule has 5 heteroatoms. The molecule has 0 spiro atoms. The second-order valence-electron chi connectivity index (χ2n) is 8.14. The first-order valence-corrected chi connectivity index (χ1v) is 10.6. The predicted octanol–water partition coefficient (Wildman–Crippen LogP) is 5.12. The standard InChI is InChI=1S/C25H28N4O/c1-18(2)21-12-6-7-13-22(21)28-25(30)20-11-8-14-29(16-20)24-15-23(26-17-27-24)19-9-4-3-5-10-19/h3-7,9-10,12-13,15,17-18,20H,8,11,14,16H2,1-2H3,(H,28,30). The van der Waals surface area contributed by atoms with Crippen LogP contribution in [-0.2, 0) is 4.79 Å². The third kappa shape index (κ3) is 4.51. The molecule has 5 nitrogen and oxygen atoms in total. The van der Waals surface area contributed by atoms with Crippen LogP contribution in [0.15, 0.2) is 67.0 Å². The first kappa shape index (κ1) is 20.1. The average Bonchev–Trinajstić information content (AvgIpc) is 2.80. The minimum Gasteiger partial charge on any atom is -0.356 e. The minimum absolute atomic E-state index is 0.0610. The van der Waals surface area contributed by atoms with Crippen molar-refractivity contribution in [3.05, 3.63) is 72.6 Å². The molecule has 30 heavy (non-hydrogen) atoms. The van der Waals surface area contributed by atoms with E-state index in [1.54, 1.807) is 6.33 Å². The van der Waals surface area contributed by atoms with E-state index in [1.807, 2.05) is 54.6 Å². The van der Waals surface area contributed by atoms with E-state index >= 15 is 0 Å². The van der Waals surface area contributed by atoms with Crippen LogP contribution in [0.5, 0.6) is 0 Å². The molecule has 1 atom stereocenters. The van der Waals surface area contributed by atoms with Gasteiger partial charge in [0.15, 0.2) is 0 Å². The Balaban J connectivity index is 1.48. The van der Waals surface area contributed by atoms with E-state index in [9.17, 15) is 4.79 Å². The largest absolute Gasteiger partial charge is 0.356 e. The van der Waals surface area contributed by atoms with Gasteiger partial charge in [0.2, 0.25) is 5.91 Å². The number of nitrogens with one attached hydrogen (secondary N) is 1. The molecule has 1 aliphatic rings. The summed E-state index contributed by atoms with van der Waals surface area (Å²) in [6.45, 7) is 5.86. The van der Waals surface area contributed by atoms with Gasteiger partial charge >= 0.3 is 0 Å². The first-order chi connectivity index (χ1) is 14.6. The van der Waals surface area contributed by atoms with Gasteiger partial charge < -0.3 is 10.2 Å². The predicted molar refractivity (Wildman–Crippen MR) is 122 cm³/mol. The van der Waals surface area contributed by atoms with E-state index in [0.717, 1.165) is 42.1 Å². The zero-order valence-electron chi connectivity index (χ0n) is 17.6. The van der Waals surface area contributed by atoms with Gasteiger partial charge in [0.25, 0.3) is 0 Å². The summed E-state index contributed by atoms with van der Waals surface area (Å²) in [7, 11) is 0. The molecule has 3 aromatic rings. The number of rotatable bonds is 5. The molecule has 0 bridgehead atoms. The highest BCUT2D eigenvalue weighted by Crippen LogP contribution is 2.28. The normalized spacial score (nSPS) is 16.5. The van der Waals surface area contributed by atoms with Crippen molar-refractivity contribution < 1.29 is 4.79 Å². The molecule has 0 aliphatic carbocycles. The first-order valence-electron chi connectivity index (χ1n) is 10.6. The smallest absolute Gasteiger partial charge is 0.229 e. The Morgan fingerprint density at radius 3 is 2.63 bits per heavy atom. The number of piperidine rings is 1. The molecule has 1 aromatic heterocycles. The van der Waals surface area contributed by atoms with Crippen LogP contribution in [0.25, 0.3) is 11.3 Å². The van der Waals surface area contributed by atoms with E-state index in [-0.39, 0.29) is 11.8 Å². The number of amides is 1. The molecule has 1 saturated heterocycles. The molecule has 0 saturated carbocycles. The number of nitrogens with zero attached hydrogens (tertiary/aromatic N) is 3. The Morgan fingerprint density at radius 2 is 1.83 bits per heavy atom. The van der Waals surface area contributed by atoms with Crippen molar-refractivity contribution in [3.63, 3.8) is 0 Å². The fourth-order valence-corrected chi connectivity index (χ4v) is 4.04. The van der Waals surface area contributed by atoms with Crippen LogP contribution in [0.2, 0.25) is 0 Å². The van der Waals surface area contributed by atoms with Crippen molar-refractivity contribution in [2.24, 2.45) is 5.92 Å². The van der Waals surface area contributed by atoms with Gasteiger partial charge in [0, 0.05) is 30.4 Å². The number of carbonyl (C=O) groups excluding carboxylic acids is 1. The van der Waals surface area contributed by atoms with Crippen LogP contribution in [0.3, 0.4) is 0 Å². The van der Waals surface area contributed by atoms with Crippen molar-refractivity contribution in [1.29, 1.82) is 0 Å². The third-order valence-corrected chi connectivity index (χ3v) is 5.68. The topological polar surface area (TPSA) is 58.1 Å². The maximum absolute atomic E-state index is 13.0. The highest BCUT2D eigenvalue weighted by atomic mass is 16.1. The van der Waals surface area contributed by atoms with E-state index in [0.29, 0.717) is 12.5 Å². The number of aromatic nitrogens is 2. The molecular weight excluding hydrogens is 372 g/mol. The number of benzene rings is 2. The number of anilines is 2. The summed E-state index contributed by atoms with van der Waals surface area (Å²) in [4.78, 5) is 24.2. The molecule has 1 unspecified atom stereocenters. The number of carbonyl (C=O) groups is 1. The Hall–Kier alpha value is -3.21. The van der Waals surface area contributed by atoms with Gasteiger partial charge in [-0.2, -0.15) is 0 Å². The van der Waals surface area contributed by atoms with Gasteiger partial charge in [0.1, 0.15) is 12.1 Å². The van der Waals surface area contributed by atoms with Gasteiger partial charge in [-0.15, -0.1) is 0 Å². The van der Waals surface area contributed by atoms with Crippen molar-refractivity contribution in [3.8, 4) is 11.3 Å². The molecule has 0 radical (unpaired) electrons. The second kappa shape index (κ2) is 9.08. The van der Waals surface area contributed by atoms with Crippen LogP contribution >= 0.6 is 0 Å². The quantitative estimate of drug-likeness (QED) is 0.646. The fraction of sp³-hybridized carbons (Fsp3) is 0.320. The Kier molecular flexibility index (Phi) is 6.07. The molecule has 4 rings (SSSR count). The Morgan fingerprint density at radius 1 is 1.07 bits per heavy atom. The number of para-hydroxylation sites is 1. The van der Waals surface area contributed by atoms with Gasteiger partial charge in [0.05, 0.1) is 11.6 Å². The van der Waals surface area contributed by atoms with Crippen LogP contribution in [-0.4, -0.2) is 29.0 Å². The number of hydrogen-bond acceptors (Lipinski definition) is 4. The van der Waals surface area contributed by atoms with E-state index in [4.69, 9.17) is 0 Å². The molecular formula is C25H28N4O. The second-order valence-corrected chi connectivity index (χ2v) is 8.14. The molecule has 1 amide bonds. The fourth-order valence-electron chi connectivity index (χ4n) is 4.04. The summed E-state index contributed by atoms with van der Waals surface area (Å²) in [5.41, 5.74) is 4.06. The molecule has 1 fully saturated rings. The lowest BCUT2D eigenvalue weighted by Crippen LogP contribution is -2.41. The molecule has 2 heterocycles. The Bertz CT molecular complexity index is 1000. The van der Waals surface area contributed by atoms with Crippen LogP contribution in [0, 0.1) is 5.92 Å². The summed E-state index contributed by atoms with van der Waals surface area (Å²) in [6.07, 6.45) is 3.47. The van der Waals surface area contributed by atoms with Crippen LogP contribution < -0.4 is 10.2 Å². The van der Waals surface area contributed by atoms with Crippen molar-refractivity contribution in [2.75, 3.05) is 23.3 Å². The van der Waals surface area contributed by atoms with Gasteiger partial charge in [-0.05, 0) is 30.4 Å². The Labute approximate surface area is 178 Å². The van der Waals surface area contributed by atoms with Gasteiger partial charge in [-0.1, -0.05) is 62.4 Å². The zero-order valence-corrected chi connectivity index (χ0v) is 17.6. The lowest BCUT2D eigenvalue weighted by Gasteiger charge is -2.33. The van der Waals surface area contributed by atoms with Crippen LogP contribution in [0.1, 0.15) is 38.2 Å². The third-order valence-electron chi connectivity index (χ3n) is 5.68. The molecule has 1 aliphatic heterocycles. The lowest BCUT2D eigenvalue weighted by atomic mass is 9.96. The highest BCUT2D eigenvalue weighted by Gasteiger charge is 2.27. The van der Waals surface area contributed by atoms with E-state index < -0.39 is 0 Å². The molecule has 2 aromatic carbocycles. The van der Waals surface area contributed by atoms with Crippen molar-refractivity contribution in [1.82, 2.24) is 9.97 Å². The minimum atomic E-state index is -0.0610. The summed E-state index contributed by atoms with van der Waals surface area (Å²) >= 11 is 0.